The second-order valence-corrected chi connectivity index (χ2v) is 14.5. The van der Waals surface area contributed by atoms with Crippen molar-refractivity contribution in [1.82, 2.24) is 0 Å². The maximum atomic E-state index is 10.7. The predicted molar refractivity (Wildman–Crippen MR) is 83.7 cm³/mol. The predicted octanol–water partition coefficient (Wildman–Crippen LogP) is -0.852. The van der Waals surface area contributed by atoms with E-state index in [0.717, 1.165) is 19.0 Å². The summed E-state index contributed by atoms with van der Waals surface area (Å²) in [5.41, 5.74) is 3.63. The van der Waals surface area contributed by atoms with Gasteiger partial charge < -0.3 is 12.4 Å². The van der Waals surface area contributed by atoms with E-state index in [1.54, 1.807) is 0 Å². The smallest absolute Gasteiger partial charge is 1.00 e. The van der Waals surface area contributed by atoms with E-state index in [0.29, 0.717) is 6.42 Å². The zero-order valence-corrected chi connectivity index (χ0v) is 14.5. The molecule has 0 spiro atoms. The molecule has 0 aliphatic carbocycles. The van der Waals surface area contributed by atoms with Gasteiger partial charge >= 0.3 is 119 Å². The number of benzene rings is 1. The molecule has 1 atom stereocenters. The standard InChI is InChI=1S/C14H23ClNO2P.ClH/c1-19(2,15,12-8-4-3-5-9-12)11-7-6-10-13(16)14(17)18;/h3-5,8-9,13H,6-7,10-11,16H2,1-2H3,(H,17,18);1H/t13-;/m0./s1. The second-order valence-electron chi connectivity index (χ2n) is 5.82. The summed E-state index contributed by atoms with van der Waals surface area (Å²) in [5, 5.41) is 10.0. The monoisotopic (exact) mass is 339 g/mol. The van der Waals surface area contributed by atoms with Crippen LogP contribution in [0.1, 0.15) is 19.3 Å². The topological polar surface area (TPSA) is 64.9 Å². The number of aliphatic carboxylic acids is 1. The van der Waals surface area contributed by atoms with Gasteiger partial charge in [0.15, 0.2) is 0 Å². The van der Waals surface area contributed by atoms with Crippen molar-refractivity contribution >= 4 is 28.5 Å². The summed E-state index contributed by atoms with van der Waals surface area (Å²) >= 11 is 6.89. The van der Waals surface area contributed by atoms with Crippen LogP contribution >= 0.6 is 17.2 Å². The van der Waals surface area contributed by atoms with Gasteiger partial charge in [-0.2, -0.15) is 0 Å². The molecule has 0 aromatic heterocycles. The van der Waals surface area contributed by atoms with E-state index in [1.165, 1.54) is 5.30 Å². The van der Waals surface area contributed by atoms with Crippen molar-refractivity contribution in [2.24, 2.45) is 0 Å². The Bertz CT molecular complexity index is 432. The van der Waals surface area contributed by atoms with Crippen molar-refractivity contribution in [3.8, 4) is 0 Å². The van der Waals surface area contributed by atoms with Gasteiger partial charge in [-0.05, 0) is 0 Å². The maximum Gasteiger partial charge on any atom is -1.00 e. The SMILES string of the molecule is CP(C)(Cl)(CCCC[C@H]([NH3+])C(=O)O)c1ccccc1.[Cl-]. The molecule has 0 radical (unpaired) electrons. The van der Waals surface area contributed by atoms with Crippen molar-refractivity contribution in [1.29, 1.82) is 0 Å². The van der Waals surface area contributed by atoms with E-state index < -0.39 is 18.0 Å². The Balaban J connectivity index is 0.00000361. The molecule has 6 heteroatoms. The number of rotatable bonds is 7. The van der Waals surface area contributed by atoms with Crippen LogP contribution in [0.4, 0.5) is 0 Å². The van der Waals surface area contributed by atoms with Crippen molar-refractivity contribution in [3.05, 3.63) is 30.3 Å². The van der Waals surface area contributed by atoms with Crippen LogP contribution in [0.15, 0.2) is 30.3 Å². The molecule has 0 aliphatic heterocycles. The Morgan fingerprint density at radius 3 is 2.35 bits per heavy atom. The third-order valence-corrected chi connectivity index (χ3v) is 8.09. The van der Waals surface area contributed by atoms with Gasteiger partial charge in [0.25, 0.3) is 0 Å². The summed E-state index contributed by atoms with van der Waals surface area (Å²) in [7, 11) is 0. The minimum Gasteiger partial charge on any atom is -1.00 e. The molecule has 0 heterocycles. The van der Waals surface area contributed by atoms with Crippen LogP contribution in [-0.2, 0) is 4.79 Å². The van der Waals surface area contributed by atoms with Crippen LogP contribution in [-0.4, -0.2) is 36.6 Å². The number of carbonyl (C=O) groups is 1. The fraction of sp³-hybridized carbons (Fsp3) is 0.500. The average Bonchev–Trinajstić information content (AvgIpc) is 2.35. The number of carboxylic acids is 1. The van der Waals surface area contributed by atoms with Crippen LogP contribution in [0.25, 0.3) is 0 Å². The van der Waals surface area contributed by atoms with E-state index in [9.17, 15) is 4.79 Å². The van der Waals surface area contributed by atoms with E-state index >= 15 is 0 Å². The van der Waals surface area contributed by atoms with Gasteiger partial charge in [-0.3, -0.25) is 0 Å². The summed E-state index contributed by atoms with van der Waals surface area (Å²) in [4.78, 5) is 10.7. The van der Waals surface area contributed by atoms with Gasteiger partial charge in [-0.1, -0.05) is 0 Å². The summed E-state index contributed by atoms with van der Waals surface area (Å²) in [5.74, 6) is -3.17. The molecule has 3 nitrogen and oxygen atoms in total. The van der Waals surface area contributed by atoms with Crippen LogP contribution in [0.5, 0.6) is 0 Å². The summed E-state index contributed by atoms with van der Waals surface area (Å²) in [6, 6.07) is 9.70. The number of hydrogen-bond acceptors (Lipinski definition) is 1. The van der Waals surface area contributed by atoms with Gasteiger partial charge in [-0.15, -0.1) is 0 Å². The first kappa shape index (κ1) is 19.7. The second kappa shape index (κ2) is 7.61. The minimum absolute atomic E-state index is 0. The molecule has 1 rings (SSSR count). The van der Waals surface area contributed by atoms with Gasteiger partial charge in [0, 0.05) is 0 Å². The fourth-order valence-electron chi connectivity index (χ4n) is 2.10. The molecular formula is C14H24Cl2NO2P. The number of unbranched alkanes of at least 4 members (excludes halogenated alkanes) is 1. The van der Waals surface area contributed by atoms with Crippen LogP contribution in [0, 0.1) is 0 Å². The Kier molecular flexibility index (Phi) is 7.48. The molecule has 0 saturated heterocycles. The third-order valence-electron chi connectivity index (χ3n) is 3.51. The largest absolute Gasteiger partial charge is 1.00 e. The molecule has 1 aromatic carbocycles. The van der Waals surface area contributed by atoms with Gasteiger partial charge in [0.05, 0.1) is 0 Å². The average molecular weight is 340 g/mol. The molecule has 20 heavy (non-hydrogen) atoms. The fourth-order valence-corrected chi connectivity index (χ4v) is 5.28. The van der Waals surface area contributed by atoms with Crippen LogP contribution < -0.4 is 23.4 Å². The molecule has 0 amide bonds. The molecule has 0 saturated carbocycles. The Morgan fingerprint density at radius 2 is 1.85 bits per heavy atom. The van der Waals surface area contributed by atoms with Gasteiger partial charge in [-0.25, -0.2) is 0 Å². The van der Waals surface area contributed by atoms with Gasteiger partial charge in [0.2, 0.25) is 0 Å². The first-order chi connectivity index (χ1) is 8.71. The Morgan fingerprint density at radius 1 is 1.30 bits per heavy atom. The van der Waals surface area contributed by atoms with Crippen LogP contribution in [0.2, 0.25) is 0 Å². The summed E-state index contributed by atoms with van der Waals surface area (Å²) in [6.45, 7) is 4.31. The minimum atomic E-state index is -2.35. The van der Waals surface area contributed by atoms with Gasteiger partial charge in [0.1, 0.15) is 0 Å². The first-order valence-corrected chi connectivity index (χ1v) is 10.8. The third kappa shape index (κ3) is 5.97. The number of carboxylic acid groups (broad SMARTS) is 1. The normalized spacial score (nSPS) is 14.7. The zero-order chi connectivity index (χ0) is 14.5. The molecule has 0 fully saturated rings. The van der Waals surface area contributed by atoms with Crippen LogP contribution in [0.3, 0.4) is 0 Å². The molecule has 0 unspecified atom stereocenters. The number of halogens is 2. The zero-order valence-electron chi connectivity index (χ0n) is 12.1. The van der Waals surface area contributed by atoms with Crippen molar-refractivity contribution in [2.45, 2.75) is 25.3 Å². The van der Waals surface area contributed by atoms with Crippen molar-refractivity contribution < 1.29 is 28.0 Å². The van der Waals surface area contributed by atoms with Crippen molar-refractivity contribution in [2.75, 3.05) is 19.5 Å². The van der Waals surface area contributed by atoms with E-state index in [-0.39, 0.29) is 12.4 Å². The molecule has 116 valence electrons. The summed E-state index contributed by atoms with van der Waals surface area (Å²) < 4.78 is 0. The van der Waals surface area contributed by atoms with E-state index in [4.69, 9.17) is 16.3 Å². The number of quaternary nitrogens is 1. The first-order valence-electron chi connectivity index (χ1n) is 6.55. The van der Waals surface area contributed by atoms with E-state index in [2.05, 4.69) is 31.2 Å². The molecule has 4 N–H and O–H groups in total. The quantitative estimate of drug-likeness (QED) is 0.502. The van der Waals surface area contributed by atoms with E-state index in [1.807, 2.05) is 18.2 Å². The number of hydrogen-bond donors (Lipinski definition) is 2. The molecule has 1 aromatic rings. The molecule has 0 aliphatic rings. The summed E-state index contributed by atoms with van der Waals surface area (Å²) in [6.07, 6.45) is 3.36. The Labute approximate surface area is 132 Å². The maximum absolute atomic E-state index is 10.7. The molecule has 0 bridgehead atoms. The Hall–Kier alpha value is -0.340. The molecular weight excluding hydrogens is 316 g/mol. The van der Waals surface area contributed by atoms with Crippen molar-refractivity contribution in [3.63, 3.8) is 0 Å².